The molecular weight excluding hydrogens is 983 g/mol. The topological polar surface area (TPSA) is 149 Å². The Kier molecular flexibility index (Phi) is 55.6. The van der Waals surface area contributed by atoms with E-state index in [0.29, 0.717) is 12.8 Å². The van der Waals surface area contributed by atoms with Gasteiger partial charge < -0.3 is 40.3 Å². The Labute approximate surface area is 487 Å². The number of hydrogen-bond donors (Lipinski definition) is 6. The summed E-state index contributed by atoms with van der Waals surface area (Å²) in [5.41, 5.74) is 0. The van der Waals surface area contributed by atoms with Crippen molar-refractivity contribution >= 4 is 5.91 Å². The van der Waals surface area contributed by atoms with Gasteiger partial charge in [-0.2, -0.15) is 0 Å². The van der Waals surface area contributed by atoms with Crippen LogP contribution in [0.4, 0.5) is 0 Å². The molecule has 0 radical (unpaired) electrons. The minimum atomic E-state index is -1.56. The van der Waals surface area contributed by atoms with Crippen molar-refractivity contribution in [3.8, 4) is 0 Å². The summed E-state index contributed by atoms with van der Waals surface area (Å²) in [7, 11) is 0. The molecule has 0 saturated carbocycles. The maximum atomic E-state index is 13.1. The van der Waals surface area contributed by atoms with Gasteiger partial charge >= 0.3 is 0 Å². The number of nitrogens with one attached hydrogen (secondary N) is 1. The SMILES string of the molecule is CC/C=C\C/C=C\C/C=C\C/C=C\C/C=C\C/C=C\CCCCCCC(=O)NC(COC1OC(CO)C(O)C(O)C1O)C(O)CCCCCCCCCCCCCCCCCCCCCCCCCCCCCCCCCCC. The number of unbranched alkanes of at least 4 members (excludes halogenated alkanes) is 36. The van der Waals surface area contributed by atoms with Crippen LogP contribution in [0.15, 0.2) is 72.9 Å². The largest absolute Gasteiger partial charge is 0.394 e. The standard InChI is InChI=1S/C70H127NO8/c1-3-5-7-9-11-13-15-17-19-21-23-25-27-28-29-30-31-32-33-34-35-36-38-39-41-43-45-47-49-51-53-55-57-59-64(73)63(62-78-70-69(77)68(76)67(75)65(61-72)79-70)71-66(74)60-58-56-54-52-50-48-46-44-42-40-37-26-24-22-20-18-16-14-12-10-8-6-4-2/h6,8,12,14,18,20,24,26,40,42,46,48,63-65,67-70,72-73,75-77H,3-5,7,9-11,13,15-17,19,21-23,25,27-39,41,43-45,47,49-62H2,1-2H3,(H,71,74)/b8-6-,14-12-,20-18-,26-24-,42-40-,48-46-. The predicted octanol–water partition coefficient (Wildman–Crippen LogP) is 18.0. The average molecular weight is 1110 g/mol. The molecule has 1 heterocycles. The molecule has 1 aliphatic heterocycles. The maximum Gasteiger partial charge on any atom is 0.220 e. The molecule has 0 aromatic carbocycles. The Morgan fingerprint density at radius 1 is 0.443 bits per heavy atom. The van der Waals surface area contributed by atoms with Crippen molar-refractivity contribution in [3.63, 3.8) is 0 Å². The van der Waals surface area contributed by atoms with Crippen molar-refractivity contribution in [1.82, 2.24) is 5.32 Å². The number of aliphatic hydroxyl groups excluding tert-OH is 5. The first-order valence-electron chi connectivity index (χ1n) is 33.6. The second kappa shape index (κ2) is 58.8. The third-order valence-electron chi connectivity index (χ3n) is 15.8. The molecule has 460 valence electrons. The van der Waals surface area contributed by atoms with E-state index in [1.165, 1.54) is 193 Å². The first-order chi connectivity index (χ1) is 38.8. The van der Waals surface area contributed by atoms with Crippen molar-refractivity contribution in [2.24, 2.45) is 0 Å². The van der Waals surface area contributed by atoms with Crippen LogP contribution in [-0.2, 0) is 14.3 Å². The van der Waals surface area contributed by atoms with E-state index in [1.54, 1.807) is 0 Å². The molecule has 6 N–H and O–H groups in total. The van der Waals surface area contributed by atoms with Crippen LogP contribution in [0.1, 0.15) is 309 Å². The molecule has 7 atom stereocenters. The molecule has 1 aliphatic rings. The molecule has 0 bridgehead atoms. The van der Waals surface area contributed by atoms with Crippen molar-refractivity contribution in [1.29, 1.82) is 0 Å². The maximum absolute atomic E-state index is 13.1. The fraction of sp³-hybridized carbons (Fsp3) is 0.814. The minimum Gasteiger partial charge on any atom is -0.394 e. The van der Waals surface area contributed by atoms with Gasteiger partial charge in [0.1, 0.15) is 24.4 Å². The second-order valence-corrected chi connectivity index (χ2v) is 23.2. The summed E-state index contributed by atoms with van der Waals surface area (Å²) in [6.07, 6.45) is 75.4. The van der Waals surface area contributed by atoms with E-state index in [2.05, 4.69) is 92.1 Å². The quantitative estimate of drug-likeness (QED) is 0.0261. The van der Waals surface area contributed by atoms with Gasteiger partial charge in [0, 0.05) is 6.42 Å². The van der Waals surface area contributed by atoms with Crippen LogP contribution in [-0.4, -0.2) is 87.5 Å². The number of carbonyl (C=O) groups is 1. The zero-order valence-electron chi connectivity index (χ0n) is 51.4. The van der Waals surface area contributed by atoms with Crippen LogP contribution in [0.2, 0.25) is 0 Å². The summed E-state index contributed by atoms with van der Waals surface area (Å²) in [4.78, 5) is 13.1. The highest BCUT2D eigenvalue weighted by Gasteiger charge is 2.44. The van der Waals surface area contributed by atoms with E-state index in [9.17, 15) is 30.3 Å². The molecule has 0 aromatic heterocycles. The Hall–Kier alpha value is -2.37. The first-order valence-corrected chi connectivity index (χ1v) is 33.6. The summed E-state index contributed by atoms with van der Waals surface area (Å²) < 4.78 is 11.3. The van der Waals surface area contributed by atoms with Gasteiger partial charge in [-0.05, 0) is 64.2 Å². The molecule has 1 fully saturated rings. The van der Waals surface area contributed by atoms with Crippen molar-refractivity contribution < 1.29 is 39.8 Å². The van der Waals surface area contributed by atoms with Gasteiger partial charge in [-0.25, -0.2) is 0 Å². The van der Waals surface area contributed by atoms with E-state index >= 15 is 0 Å². The van der Waals surface area contributed by atoms with E-state index in [1.807, 2.05) is 0 Å². The zero-order valence-corrected chi connectivity index (χ0v) is 51.4. The molecule has 7 unspecified atom stereocenters. The number of amides is 1. The van der Waals surface area contributed by atoms with Crippen LogP contribution in [0.3, 0.4) is 0 Å². The third kappa shape index (κ3) is 47.8. The van der Waals surface area contributed by atoms with Crippen LogP contribution in [0.5, 0.6) is 0 Å². The molecule has 0 aromatic rings. The van der Waals surface area contributed by atoms with Crippen molar-refractivity contribution in [2.45, 2.75) is 352 Å². The molecule has 1 rings (SSSR count). The Bertz CT molecular complexity index is 1470. The lowest BCUT2D eigenvalue weighted by molar-refractivity contribution is -0.302. The molecule has 1 saturated heterocycles. The summed E-state index contributed by atoms with van der Waals surface area (Å²) >= 11 is 0. The Balaban J connectivity index is 2.14. The smallest absolute Gasteiger partial charge is 0.220 e. The summed E-state index contributed by atoms with van der Waals surface area (Å²) in [6, 6.07) is -0.740. The lowest BCUT2D eigenvalue weighted by Gasteiger charge is -2.40. The molecule has 0 aliphatic carbocycles. The molecule has 1 amide bonds. The van der Waals surface area contributed by atoms with Gasteiger partial charge in [-0.15, -0.1) is 0 Å². The lowest BCUT2D eigenvalue weighted by atomic mass is 9.99. The average Bonchev–Trinajstić information content (AvgIpc) is 3.47. The molecule has 9 nitrogen and oxygen atoms in total. The number of rotatable bonds is 58. The zero-order chi connectivity index (χ0) is 57.2. The van der Waals surface area contributed by atoms with Gasteiger partial charge in [-0.3, -0.25) is 4.79 Å². The summed E-state index contributed by atoms with van der Waals surface area (Å²) in [5.74, 6) is -0.167. The predicted molar refractivity (Wildman–Crippen MR) is 336 cm³/mol. The summed E-state index contributed by atoms with van der Waals surface area (Å²) in [5, 5.41) is 54.9. The highest BCUT2D eigenvalue weighted by atomic mass is 16.7. The van der Waals surface area contributed by atoms with E-state index in [0.717, 1.165) is 89.9 Å². The molecule has 0 spiro atoms. The normalized spacial score (nSPS) is 19.0. The minimum absolute atomic E-state index is 0.152. The van der Waals surface area contributed by atoms with Crippen molar-refractivity contribution in [3.05, 3.63) is 72.9 Å². The first kappa shape index (κ1) is 74.6. The lowest BCUT2D eigenvalue weighted by Crippen LogP contribution is -2.60. The monoisotopic (exact) mass is 1110 g/mol. The highest BCUT2D eigenvalue weighted by Crippen LogP contribution is 2.23. The van der Waals surface area contributed by atoms with Gasteiger partial charge in [0.15, 0.2) is 6.29 Å². The van der Waals surface area contributed by atoms with Crippen molar-refractivity contribution in [2.75, 3.05) is 13.2 Å². The van der Waals surface area contributed by atoms with Gasteiger partial charge in [0.25, 0.3) is 0 Å². The van der Waals surface area contributed by atoms with Crippen LogP contribution in [0, 0.1) is 0 Å². The van der Waals surface area contributed by atoms with E-state index in [4.69, 9.17) is 9.47 Å². The Morgan fingerprint density at radius 2 is 0.785 bits per heavy atom. The molecule has 79 heavy (non-hydrogen) atoms. The number of aliphatic hydroxyl groups is 5. The fourth-order valence-electron chi connectivity index (χ4n) is 10.6. The van der Waals surface area contributed by atoms with Gasteiger partial charge in [-0.1, -0.05) is 311 Å². The van der Waals surface area contributed by atoms with Crippen LogP contribution < -0.4 is 5.32 Å². The van der Waals surface area contributed by atoms with Gasteiger partial charge in [0.05, 0.1) is 25.4 Å². The number of carbonyl (C=O) groups excluding carboxylic acids is 1. The van der Waals surface area contributed by atoms with Crippen LogP contribution in [0.25, 0.3) is 0 Å². The molecular formula is C70H127NO8. The second-order valence-electron chi connectivity index (χ2n) is 23.2. The van der Waals surface area contributed by atoms with E-state index < -0.39 is 49.5 Å². The van der Waals surface area contributed by atoms with Gasteiger partial charge in [0.2, 0.25) is 5.91 Å². The van der Waals surface area contributed by atoms with Crippen LogP contribution >= 0.6 is 0 Å². The summed E-state index contributed by atoms with van der Waals surface area (Å²) in [6.45, 7) is 3.74. The third-order valence-corrected chi connectivity index (χ3v) is 15.8. The number of ether oxygens (including phenoxy) is 2. The molecule has 9 heteroatoms. The fourth-order valence-corrected chi connectivity index (χ4v) is 10.6. The number of hydrogen-bond acceptors (Lipinski definition) is 8. The highest BCUT2D eigenvalue weighted by molar-refractivity contribution is 5.76. The Morgan fingerprint density at radius 3 is 1.16 bits per heavy atom. The van der Waals surface area contributed by atoms with E-state index in [-0.39, 0.29) is 12.5 Å². The number of allylic oxidation sites excluding steroid dienone is 12.